The van der Waals surface area contributed by atoms with Crippen LogP contribution in [-0.4, -0.2) is 31.6 Å². The highest BCUT2D eigenvalue weighted by Crippen LogP contribution is 2.23. The first-order valence-corrected chi connectivity index (χ1v) is 7.33. The second kappa shape index (κ2) is 4.62. The lowest BCUT2D eigenvalue weighted by molar-refractivity contribution is 0.0602. The highest BCUT2D eigenvalue weighted by molar-refractivity contribution is 5.98. The molecule has 6 heteroatoms. The topological polar surface area (TPSA) is 79.9 Å². The molecule has 0 spiro atoms. The summed E-state index contributed by atoms with van der Waals surface area (Å²) >= 11 is 0. The number of aromatic nitrogens is 3. The third kappa shape index (κ3) is 1.95. The zero-order valence-corrected chi connectivity index (χ0v) is 12.3. The Kier molecular flexibility index (Phi) is 2.72. The van der Waals surface area contributed by atoms with Crippen molar-refractivity contribution in [2.45, 2.75) is 26.1 Å². The van der Waals surface area contributed by atoms with Gasteiger partial charge in [-0.15, -0.1) is 0 Å². The summed E-state index contributed by atoms with van der Waals surface area (Å²) in [5.74, 6) is 0.511. The molecule has 3 aromatic rings. The largest absolute Gasteiger partial charge is 0.382 e. The molecule has 1 amide bonds. The number of nitrogen functional groups attached to an aromatic ring is 1. The minimum Gasteiger partial charge on any atom is -0.382 e. The molecule has 3 heterocycles. The number of carbonyl (C=O) groups is 1. The quantitative estimate of drug-likeness (QED) is 0.720. The highest BCUT2D eigenvalue weighted by atomic mass is 16.2. The van der Waals surface area contributed by atoms with Gasteiger partial charge in [0.25, 0.3) is 5.91 Å². The molecule has 1 aromatic carbocycles. The second-order valence-electron chi connectivity index (χ2n) is 5.79. The molecule has 0 saturated heterocycles. The molecule has 0 radical (unpaired) electrons. The molecule has 6 nitrogen and oxygen atoms in total. The van der Waals surface area contributed by atoms with Crippen LogP contribution in [-0.2, 0) is 13.1 Å². The molecule has 2 aromatic heterocycles. The van der Waals surface area contributed by atoms with Crippen LogP contribution in [0.4, 0.5) is 5.82 Å². The number of hydrogen-bond donors (Lipinski definition) is 2. The Morgan fingerprint density at radius 2 is 2.18 bits per heavy atom. The molecular formula is C16H17N5O. The fourth-order valence-corrected chi connectivity index (χ4v) is 3.06. The zero-order valence-electron chi connectivity index (χ0n) is 12.3. The van der Waals surface area contributed by atoms with E-state index in [0.29, 0.717) is 24.6 Å². The van der Waals surface area contributed by atoms with E-state index in [4.69, 9.17) is 5.73 Å². The summed E-state index contributed by atoms with van der Waals surface area (Å²) in [4.78, 5) is 17.9. The van der Waals surface area contributed by atoms with Crippen LogP contribution in [0.1, 0.15) is 23.1 Å². The molecule has 3 N–H and O–H groups in total. The lowest BCUT2D eigenvalue weighted by Gasteiger charge is -2.33. The minimum atomic E-state index is 0.00900. The maximum Gasteiger partial charge on any atom is 0.270 e. The van der Waals surface area contributed by atoms with Crippen LogP contribution in [0.5, 0.6) is 0 Å². The Hall–Kier alpha value is -2.76. The third-order valence-corrected chi connectivity index (χ3v) is 4.21. The van der Waals surface area contributed by atoms with E-state index in [0.717, 1.165) is 16.6 Å². The van der Waals surface area contributed by atoms with Gasteiger partial charge < -0.3 is 15.6 Å². The monoisotopic (exact) mass is 295 g/mol. The van der Waals surface area contributed by atoms with Crippen LogP contribution in [0.2, 0.25) is 0 Å². The van der Waals surface area contributed by atoms with Crippen molar-refractivity contribution < 1.29 is 4.79 Å². The van der Waals surface area contributed by atoms with Crippen molar-refractivity contribution >= 4 is 22.6 Å². The first kappa shape index (κ1) is 12.9. The summed E-state index contributed by atoms with van der Waals surface area (Å²) in [7, 11) is 0. The van der Waals surface area contributed by atoms with E-state index in [2.05, 4.69) is 10.1 Å². The number of anilines is 1. The van der Waals surface area contributed by atoms with E-state index >= 15 is 0 Å². The predicted molar refractivity (Wildman–Crippen MR) is 84.3 cm³/mol. The Balaban J connectivity index is 1.67. The summed E-state index contributed by atoms with van der Waals surface area (Å²) in [5, 5.41) is 5.30. The second-order valence-corrected chi connectivity index (χ2v) is 5.79. The SMILES string of the molecule is CC1Cn2nc(N)cc2CN1C(=O)c1cc2ccccc2[nH]1. The summed E-state index contributed by atoms with van der Waals surface area (Å²) in [6, 6.07) is 11.7. The van der Waals surface area contributed by atoms with E-state index in [9.17, 15) is 4.79 Å². The zero-order chi connectivity index (χ0) is 15.3. The van der Waals surface area contributed by atoms with Gasteiger partial charge in [-0.1, -0.05) is 18.2 Å². The number of para-hydroxylation sites is 1. The van der Waals surface area contributed by atoms with Gasteiger partial charge in [0, 0.05) is 23.0 Å². The first-order chi connectivity index (χ1) is 10.6. The van der Waals surface area contributed by atoms with Gasteiger partial charge in [-0.2, -0.15) is 5.10 Å². The number of nitrogens with two attached hydrogens (primary N) is 1. The number of fused-ring (bicyclic) bond motifs is 2. The van der Waals surface area contributed by atoms with E-state index in [-0.39, 0.29) is 11.9 Å². The average Bonchev–Trinajstić information content (AvgIpc) is 3.07. The summed E-state index contributed by atoms with van der Waals surface area (Å²) in [6.07, 6.45) is 0. The summed E-state index contributed by atoms with van der Waals surface area (Å²) in [6.45, 7) is 3.22. The molecule has 22 heavy (non-hydrogen) atoms. The number of H-pyrrole nitrogens is 1. The molecule has 4 rings (SSSR count). The summed E-state index contributed by atoms with van der Waals surface area (Å²) < 4.78 is 1.88. The van der Waals surface area contributed by atoms with E-state index in [1.165, 1.54) is 0 Å². The average molecular weight is 295 g/mol. The van der Waals surface area contributed by atoms with E-state index in [1.807, 2.05) is 52.9 Å². The third-order valence-electron chi connectivity index (χ3n) is 4.21. The number of benzene rings is 1. The molecule has 0 bridgehead atoms. The molecule has 1 unspecified atom stereocenters. The van der Waals surface area contributed by atoms with Crippen molar-refractivity contribution in [1.29, 1.82) is 0 Å². The Morgan fingerprint density at radius 1 is 1.36 bits per heavy atom. The van der Waals surface area contributed by atoms with E-state index in [1.54, 1.807) is 0 Å². The van der Waals surface area contributed by atoms with Crippen molar-refractivity contribution in [2.24, 2.45) is 0 Å². The molecule has 1 aliphatic heterocycles. The van der Waals surface area contributed by atoms with Gasteiger partial charge in [-0.25, -0.2) is 0 Å². The molecule has 0 fully saturated rings. The van der Waals surface area contributed by atoms with Gasteiger partial charge in [0.1, 0.15) is 11.5 Å². The first-order valence-electron chi connectivity index (χ1n) is 7.33. The maximum atomic E-state index is 12.8. The fourth-order valence-electron chi connectivity index (χ4n) is 3.06. The van der Waals surface area contributed by atoms with Crippen molar-refractivity contribution in [2.75, 3.05) is 5.73 Å². The van der Waals surface area contributed by atoms with Crippen LogP contribution in [0.15, 0.2) is 36.4 Å². The Labute approximate surface area is 127 Å². The maximum absolute atomic E-state index is 12.8. The van der Waals surface area contributed by atoms with Crippen LogP contribution >= 0.6 is 0 Å². The minimum absolute atomic E-state index is 0.00900. The van der Waals surface area contributed by atoms with Crippen LogP contribution in [0.25, 0.3) is 10.9 Å². The van der Waals surface area contributed by atoms with E-state index < -0.39 is 0 Å². The molecular weight excluding hydrogens is 278 g/mol. The fraction of sp³-hybridized carbons (Fsp3) is 0.250. The molecule has 112 valence electrons. The van der Waals surface area contributed by atoms with Crippen molar-refractivity contribution in [3.8, 4) is 0 Å². The number of carbonyl (C=O) groups excluding carboxylic acids is 1. The highest BCUT2D eigenvalue weighted by Gasteiger charge is 2.29. The number of rotatable bonds is 1. The van der Waals surface area contributed by atoms with Crippen LogP contribution in [0.3, 0.4) is 0 Å². The molecule has 0 aliphatic carbocycles. The smallest absolute Gasteiger partial charge is 0.270 e. The van der Waals surface area contributed by atoms with Gasteiger partial charge in [-0.3, -0.25) is 9.48 Å². The van der Waals surface area contributed by atoms with Crippen LogP contribution < -0.4 is 5.73 Å². The van der Waals surface area contributed by atoms with Crippen molar-refractivity contribution in [3.63, 3.8) is 0 Å². The lowest BCUT2D eigenvalue weighted by atomic mass is 10.1. The van der Waals surface area contributed by atoms with Gasteiger partial charge in [-0.05, 0) is 19.1 Å². The number of nitrogens with zero attached hydrogens (tertiary/aromatic N) is 3. The normalized spacial score (nSPS) is 17.7. The standard InChI is InChI=1S/C16H17N5O/c1-10-8-21-12(7-15(17)19-21)9-20(10)16(22)14-6-11-4-2-3-5-13(11)18-14/h2-7,10,18H,8-9H2,1H3,(H2,17,19). The van der Waals surface area contributed by atoms with Crippen molar-refractivity contribution in [1.82, 2.24) is 19.7 Å². The Bertz CT molecular complexity index is 829. The number of amides is 1. The number of nitrogens with one attached hydrogen (secondary N) is 1. The lowest BCUT2D eigenvalue weighted by Crippen LogP contribution is -2.45. The molecule has 1 atom stereocenters. The van der Waals surface area contributed by atoms with Gasteiger partial charge >= 0.3 is 0 Å². The van der Waals surface area contributed by atoms with Gasteiger partial charge in [0.05, 0.1) is 18.8 Å². The van der Waals surface area contributed by atoms with Gasteiger partial charge in [0.15, 0.2) is 0 Å². The van der Waals surface area contributed by atoms with Crippen LogP contribution in [0, 0.1) is 0 Å². The number of aromatic amines is 1. The number of hydrogen-bond acceptors (Lipinski definition) is 3. The molecule has 0 saturated carbocycles. The summed E-state index contributed by atoms with van der Waals surface area (Å²) in [5.41, 5.74) is 8.31. The Morgan fingerprint density at radius 3 is 3.00 bits per heavy atom. The van der Waals surface area contributed by atoms with Gasteiger partial charge in [0.2, 0.25) is 0 Å². The molecule has 1 aliphatic rings. The van der Waals surface area contributed by atoms with Crippen molar-refractivity contribution in [3.05, 3.63) is 47.8 Å². The predicted octanol–water partition coefficient (Wildman–Crippen LogP) is 1.99.